The molecule has 3 N–H and O–H groups in total. The summed E-state index contributed by atoms with van der Waals surface area (Å²) in [4.78, 5) is 36.6. The Morgan fingerprint density at radius 3 is 2.71 bits per heavy atom. The Morgan fingerprint density at radius 1 is 1.21 bits per heavy atom. The second kappa shape index (κ2) is 11.1. The van der Waals surface area contributed by atoms with Crippen molar-refractivity contribution in [1.82, 2.24) is 20.2 Å². The second-order valence-electron chi connectivity index (χ2n) is 9.86. The van der Waals surface area contributed by atoms with Crippen molar-refractivity contribution in [2.24, 2.45) is 0 Å². The van der Waals surface area contributed by atoms with E-state index in [1.165, 1.54) is 4.90 Å². The molecule has 0 aliphatic carbocycles. The SMILES string of the molecule is C[C@](CO)(NC(=O)CN1Cc2ccc(-c3nc(NC4CCOCC4)ncc3Cl)cc2C1=O)c1ccccc1. The fourth-order valence-electron chi connectivity index (χ4n) is 4.83. The van der Waals surface area contributed by atoms with E-state index in [4.69, 9.17) is 16.3 Å². The predicted molar refractivity (Wildman–Crippen MR) is 144 cm³/mol. The summed E-state index contributed by atoms with van der Waals surface area (Å²) in [6.45, 7) is 3.07. The first-order valence-corrected chi connectivity index (χ1v) is 13.0. The summed E-state index contributed by atoms with van der Waals surface area (Å²) in [5, 5.41) is 16.6. The molecule has 0 unspecified atom stereocenters. The molecule has 3 aromatic rings. The molecule has 1 atom stereocenters. The molecule has 2 aliphatic heterocycles. The maximum atomic E-state index is 13.2. The lowest BCUT2D eigenvalue weighted by molar-refractivity contribution is -0.124. The zero-order valence-corrected chi connectivity index (χ0v) is 21.9. The monoisotopic (exact) mass is 535 g/mol. The number of carbonyl (C=O) groups excluding carboxylic acids is 2. The normalized spacial score (nSPS) is 17.1. The van der Waals surface area contributed by atoms with Crippen LogP contribution in [-0.4, -0.2) is 64.2 Å². The average Bonchev–Trinajstić information content (AvgIpc) is 3.24. The van der Waals surface area contributed by atoms with Crippen LogP contribution < -0.4 is 10.6 Å². The molecule has 2 aromatic carbocycles. The molecule has 1 saturated heterocycles. The van der Waals surface area contributed by atoms with Crippen LogP contribution in [-0.2, 0) is 21.6 Å². The number of nitrogens with zero attached hydrogens (tertiary/aromatic N) is 3. The van der Waals surface area contributed by atoms with Gasteiger partial charge in [0.15, 0.2) is 0 Å². The van der Waals surface area contributed by atoms with Gasteiger partial charge in [-0.2, -0.15) is 0 Å². The number of fused-ring (bicyclic) bond motifs is 1. The minimum atomic E-state index is -0.957. The van der Waals surface area contributed by atoms with Gasteiger partial charge < -0.3 is 25.4 Å². The van der Waals surface area contributed by atoms with E-state index in [-0.39, 0.29) is 31.0 Å². The third-order valence-electron chi connectivity index (χ3n) is 7.04. The van der Waals surface area contributed by atoms with Gasteiger partial charge in [-0.1, -0.05) is 54.1 Å². The quantitative estimate of drug-likeness (QED) is 0.405. The van der Waals surface area contributed by atoms with Crippen molar-refractivity contribution in [3.05, 3.63) is 76.4 Å². The van der Waals surface area contributed by atoms with Gasteiger partial charge in [0.05, 0.1) is 29.1 Å². The number of rotatable bonds is 8. The van der Waals surface area contributed by atoms with Crippen LogP contribution in [0, 0.1) is 0 Å². The Hall–Kier alpha value is -3.53. The number of halogens is 1. The van der Waals surface area contributed by atoms with Crippen LogP contribution in [0.1, 0.15) is 41.3 Å². The Balaban J connectivity index is 1.29. The molecule has 0 bridgehead atoms. The molecule has 2 amide bonds. The smallest absolute Gasteiger partial charge is 0.254 e. The number of hydrogen-bond donors (Lipinski definition) is 3. The average molecular weight is 536 g/mol. The number of hydrogen-bond acceptors (Lipinski definition) is 7. The summed E-state index contributed by atoms with van der Waals surface area (Å²) in [5.74, 6) is -0.116. The van der Waals surface area contributed by atoms with Crippen LogP contribution in [0.5, 0.6) is 0 Å². The third kappa shape index (κ3) is 5.50. The molecule has 10 heteroatoms. The Labute approximate surface area is 226 Å². The molecule has 3 heterocycles. The van der Waals surface area contributed by atoms with E-state index in [2.05, 4.69) is 20.6 Å². The number of aliphatic hydroxyl groups excluding tert-OH is 1. The fraction of sp³-hybridized carbons (Fsp3) is 0.357. The van der Waals surface area contributed by atoms with Crippen LogP contribution in [0.3, 0.4) is 0 Å². The summed E-state index contributed by atoms with van der Waals surface area (Å²) in [7, 11) is 0. The zero-order valence-electron chi connectivity index (χ0n) is 21.1. The van der Waals surface area contributed by atoms with Crippen LogP contribution in [0.2, 0.25) is 5.02 Å². The first-order chi connectivity index (χ1) is 18.4. The minimum Gasteiger partial charge on any atom is -0.394 e. The van der Waals surface area contributed by atoms with Gasteiger partial charge in [-0.25, -0.2) is 9.97 Å². The maximum absolute atomic E-state index is 13.2. The Bertz CT molecular complexity index is 1330. The van der Waals surface area contributed by atoms with Crippen LogP contribution in [0.15, 0.2) is 54.7 Å². The molecule has 1 fully saturated rings. The number of nitrogens with one attached hydrogen (secondary N) is 2. The van der Waals surface area contributed by atoms with Crippen LogP contribution in [0.25, 0.3) is 11.3 Å². The zero-order chi connectivity index (χ0) is 26.7. The lowest BCUT2D eigenvalue weighted by atomic mass is 9.93. The van der Waals surface area contributed by atoms with Crippen LogP contribution >= 0.6 is 11.6 Å². The second-order valence-corrected chi connectivity index (χ2v) is 10.3. The number of aliphatic hydroxyl groups is 1. The van der Waals surface area contributed by atoms with Gasteiger partial charge in [-0.3, -0.25) is 9.59 Å². The molecule has 9 nitrogen and oxygen atoms in total. The van der Waals surface area contributed by atoms with Crippen molar-refractivity contribution >= 4 is 29.4 Å². The highest BCUT2D eigenvalue weighted by Crippen LogP contribution is 2.32. The predicted octanol–water partition coefficient (Wildman–Crippen LogP) is 3.37. The molecule has 2 aliphatic rings. The minimum absolute atomic E-state index is 0.126. The molecule has 38 heavy (non-hydrogen) atoms. The maximum Gasteiger partial charge on any atom is 0.254 e. The Morgan fingerprint density at radius 2 is 1.97 bits per heavy atom. The standard InChI is InChI=1S/C28H30ClN5O4/c1-28(17-35,20-5-3-2-4-6-20)33-24(36)16-34-15-19-8-7-18(13-22(19)26(34)37)25-23(29)14-30-27(32-25)31-21-9-11-38-12-10-21/h2-8,13-14,21,35H,9-12,15-17H2,1H3,(H,33,36)(H,30,31,32)/t28-/m1/s1. The van der Waals surface area contributed by atoms with E-state index in [9.17, 15) is 14.7 Å². The van der Waals surface area contributed by atoms with Crippen LogP contribution in [0.4, 0.5) is 5.95 Å². The van der Waals surface area contributed by atoms with Crippen molar-refractivity contribution in [2.75, 3.05) is 31.7 Å². The highest BCUT2D eigenvalue weighted by atomic mass is 35.5. The van der Waals surface area contributed by atoms with E-state index in [0.29, 0.717) is 47.6 Å². The van der Waals surface area contributed by atoms with Crippen molar-refractivity contribution in [1.29, 1.82) is 0 Å². The third-order valence-corrected chi connectivity index (χ3v) is 7.31. The molecule has 0 saturated carbocycles. The highest BCUT2D eigenvalue weighted by molar-refractivity contribution is 6.33. The number of anilines is 1. The van der Waals surface area contributed by atoms with Gasteiger partial charge in [-0.15, -0.1) is 0 Å². The van der Waals surface area contributed by atoms with E-state index < -0.39 is 5.54 Å². The topological polar surface area (TPSA) is 117 Å². The van der Waals surface area contributed by atoms with Gasteiger partial charge in [0, 0.05) is 36.9 Å². The molecule has 5 rings (SSSR count). The number of carbonyl (C=O) groups is 2. The van der Waals surface area contributed by atoms with Gasteiger partial charge in [0.25, 0.3) is 5.91 Å². The van der Waals surface area contributed by atoms with Crippen molar-refractivity contribution < 1.29 is 19.4 Å². The summed E-state index contributed by atoms with van der Waals surface area (Å²) < 4.78 is 5.41. The lowest BCUT2D eigenvalue weighted by Crippen LogP contribution is -2.49. The van der Waals surface area contributed by atoms with E-state index in [1.807, 2.05) is 42.5 Å². The number of benzene rings is 2. The van der Waals surface area contributed by atoms with Gasteiger partial charge in [0.1, 0.15) is 6.54 Å². The van der Waals surface area contributed by atoms with Gasteiger partial charge >= 0.3 is 0 Å². The van der Waals surface area contributed by atoms with Crippen molar-refractivity contribution in [2.45, 2.75) is 37.9 Å². The van der Waals surface area contributed by atoms with E-state index >= 15 is 0 Å². The largest absolute Gasteiger partial charge is 0.394 e. The molecule has 0 radical (unpaired) electrons. The first-order valence-electron chi connectivity index (χ1n) is 12.6. The van der Waals surface area contributed by atoms with Crippen molar-refractivity contribution in [3.63, 3.8) is 0 Å². The summed E-state index contributed by atoms with van der Waals surface area (Å²) in [5.41, 5.74) is 2.39. The molecular formula is C28H30ClN5O4. The fourth-order valence-corrected chi connectivity index (χ4v) is 5.03. The number of ether oxygens (including phenoxy) is 1. The van der Waals surface area contributed by atoms with Crippen molar-refractivity contribution in [3.8, 4) is 11.3 Å². The van der Waals surface area contributed by atoms with Gasteiger partial charge in [0.2, 0.25) is 11.9 Å². The lowest BCUT2D eigenvalue weighted by Gasteiger charge is -2.30. The number of amides is 2. The molecular weight excluding hydrogens is 506 g/mol. The van der Waals surface area contributed by atoms with E-state index in [1.54, 1.807) is 19.2 Å². The molecule has 1 aromatic heterocycles. The van der Waals surface area contributed by atoms with E-state index in [0.717, 1.165) is 24.0 Å². The summed E-state index contributed by atoms with van der Waals surface area (Å²) in [6.07, 6.45) is 3.31. The number of aromatic nitrogens is 2. The Kier molecular flexibility index (Phi) is 7.60. The summed E-state index contributed by atoms with van der Waals surface area (Å²) in [6, 6.07) is 15.0. The summed E-state index contributed by atoms with van der Waals surface area (Å²) >= 11 is 6.44. The van der Waals surface area contributed by atoms with Gasteiger partial charge in [-0.05, 0) is 37.0 Å². The molecule has 0 spiro atoms. The molecule has 198 valence electrons. The first kappa shape index (κ1) is 26.1. The highest BCUT2D eigenvalue weighted by Gasteiger charge is 2.33.